The normalized spacial score (nSPS) is 9.77. The number of hydrogen-bond donors (Lipinski definition) is 0. The molecule has 0 aromatic heterocycles. The van der Waals surface area contributed by atoms with Gasteiger partial charge in [-0.05, 0) is 6.07 Å². The van der Waals surface area contributed by atoms with E-state index in [1.807, 2.05) is 0 Å². The van der Waals surface area contributed by atoms with Gasteiger partial charge in [-0.25, -0.2) is 4.39 Å². The Balaban J connectivity index is 3.31. The van der Waals surface area contributed by atoms with Crippen molar-refractivity contribution in [3.8, 4) is 5.75 Å². The number of nitro benzene ring substituents is 1. The molecule has 1 aromatic carbocycles. The van der Waals surface area contributed by atoms with E-state index in [2.05, 4.69) is 4.74 Å². The van der Waals surface area contributed by atoms with Gasteiger partial charge >= 0.3 is 0 Å². The minimum absolute atomic E-state index is 0.115. The van der Waals surface area contributed by atoms with E-state index < -0.39 is 21.5 Å². The first-order valence-electron chi connectivity index (χ1n) is 3.24. The summed E-state index contributed by atoms with van der Waals surface area (Å²) in [4.78, 5) is 9.53. The lowest BCUT2D eigenvalue weighted by Crippen LogP contribution is -1.94. The Hall–Kier alpha value is -1.36. The Kier molecular flexibility index (Phi) is 2.67. The third kappa shape index (κ3) is 1.70. The molecule has 0 spiro atoms. The second kappa shape index (κ2) is 3.57. The molecule has 0 aliphatic heterocycles. The average molecular weight is 206 g/mol. The fraction of sp³-hybridized carbons (Fsp3) is 0.143. The zero-order valence-corrected chi connectivity index (χ0v) is 7.34. The molecule has 13 heavy (non-hydrogen) atoms. The highest BCUT2D eigenvalue weighted by Gasteiger charge is 2.19. The standard InChI is InChI=1S/C7H5ClFNO3/c1-13-5-3-2-4(10(11)12)6(8)7(5)9/h2-3H,1H3. The summed E-state index contributed by atoms with van der Waals surface area (Å²) in [6.07, 6.45) is 0. The second-order valence-electron chi connectivity index (χ2n) is 2.17. The van der Waals surface area contributed by atoms with Crippen molar-refractivity contribution in [2.24, 2.45) is 0 Å². The highest BCUT2D eigenvalue weighted by Crippen LogP contribution is 2.32. The van der Waals surface area contributed by atoms with Gasteiger partial charge in [0.05, 0.1) is 12.0 Å². The van der Waals surface area contributed by atoms with Crippen molar-refractivity contribution in [3.05, 3.63) is 33.1 Å². The van der Waals surface area contributed by atoms with E-state index in [4.69, 9.17) is 11.6 Å². The van der Waals surface area contributed by atoms with Gasteiger partial charge in [0.2, 0.25) is 0 Å². The fourth-order valence-corrected chi connectivity index (χ4v) is 1.05. The third-order valence-corrected chi connectivity index (χ3v) is 1.80. The summed E-state index contributed by atoms with van der Waals surface area (Å²) in [7, 11) is 1.25. The van der Waals surface area contributed by atoms with Crippen molar-refractivity contribution in [3.63, 3.8) is 0 Å². The molecule has 0 radical (unpaired) electrons. The van der Waals surface area contributed by atoms with Crippen molar-refractivity contribution in [2.75, 3.05) is 7.11 Å². The maximum atomic E-state index is 13.1. The van der Waals surface area contributed by atoms with Crippen LogP contribution < -0.4 is 4.74 Å². The van der Waals surface area contributed by atoms with Gasteiger partial charge in [0, 0.05) is 6.07 Å². The smallest absolute Gasteiger partial charge is 0.291 e. The quantitative estimate of drug-likeness (QED) is 0.550. The predicted octanol–water partition coefficient (Wildman–Crippen LogP) is 2.40. The maximum absolute atomic E-state index is 13.1. The van der Waals surface area contributed by atoms with Crippen molar-refractivity contribution >= 4 is 17.3 Å². The number of nitrogens with zero attached hydrogens (tertiary/aromatic N) is 1. The molecule has 6 heteroatoms. The molecule has 70 valence electrons. The summed E-state index contributed by atoms with van der Waals surface area (Å²) in [6.45, 7) is 0. The van der Waals surface area contributed by atoms with Crippen LogP contribution in [0, 0.1) is 15.9 Å². The molecule has 1 rings (SSSR count). The van der Waals surface area contributed by atoms with E-state index in [1.54, 1.807) is 0 Å². The lowest BCUT2D eigenvalue weighted by molar-refractivity contribution is -0.384. The van der Waals surface area contributed by atoms with Crippen LogP contribution >= 0.6 is 11.6 Å². The molecular formula is C7H5ClFNO3. The molecule has 0 amide bonds. The van der Waals surface area contributed by atoms with Crippen LogP contribution in [0.1, 0.15) is 0 Å². The van der Waals surface area contributed by atoms with Gasteiger partial charge in [-0.1, -0.05) is 11.6 Å². The van der Waals surface area contributed by atoms with E-state index in [0.717, 1.165) is 12.1 Å². The molecule has 0 bridgehead atoms. The molecule has 0 atom stereocenters. The zero-order chi connectivity index (χ0) is 10.0. The Bertz CT molecular complexity index is 356. The predicted molar refractivity (Wildman–Crippen MR) is 44.6 cm³/mol. The largest absolute Gasteiger partial charge is 0.494 e. The molecule has 0 aliphatic rings. The summed E-state index contributed by atoms with van der Waals surface area (Å²) < 4.78 is 17.6. The van der Waals surface area contributed by atoms with Crippen LogP contribution in [0.3, 0.4) is 0 Å². The molecule has 1 aromatic rings. The van der Waals surface area contributed by atoms with Gasteiger partial charge in [0.1, 0.15) is 0 Å². The molecule has 0 saturated heterocycles. The number of halogens is 2. The van der Waals surface area contributed by atoms with E-state index in [9.17, 15) is 14.5 Å². The first kappa shape index (κ1) is 9.73. The summed E-state index contributed by atoms with van der Waals surface area (Å²) in [6, 6.07) is 2.24. The van der Waals surface area contributed by atoms with Crippen molar-refractivity contribution in [1.82, 2.24) is 0 Å². The monoisotopic (exact) mass is 205 g/mol. The fourth-order valence-electron chi connectivity index (χ4n) is 0.820. The SMILES string of the molecule is COc1ccc([N+](=O)[O-])c(Cl)c1F. The molecule has 0 N–H and O–H groups in total. The van der Waals surface area contributed by atoms with Crippen LogP contribution in [0.25, 0.3) is 0 Å². The Morgan fingerprint density at radius 1 is 1.62 bits per heavy atom. The molecule has 0 aliphatic carbocycles. The van der Waals surface area contributed by atoms with Crippen LogP contribution in [0.4, 0.5) is 10.1 Å². The second-order valence-corrected chi connectivity index (χ2v) is 2.55. The molecule has 0 saturated carbocycles. The average Bonchev–Trinajstić information content (AvgIpc) is 2.09. The summed E-state index contributed by atoms with van der Waals surface area (Å²) in [5.41, 5.74) is -0.472. The Morgan fingerprint density at radius 2 is 2.23 bits per heavy atom. The van der Waals surface area contributed by atoms with E-state index in [1.165, 1.54) is 7.11 Å². The van der Waals surface area contributed by atoms with Gasteiger partial charge < -0.3 is 4.74 Å². The van der Waals surface area contributed by atoms with E-state index in [-0.39, 0.29) is 5.75 Å². The molecular weight excluding hydrogens is 201 g/mol. The summed E-state index contributed by atoms with van der Waals surface area (Å²) >= 11 is 5.38. The van der Waals surface area contributed by atoms with Gasteiger partial charge in [-0.3, -0.25) is 10.1 Å². The molecule has 0 heterocycles. The number of rotatable bonds is 2. The highest BCUT2D eigenvalue weighted by molar-refractivity contribution is 6.32. The van der Waals surface area contributed by atoms with Crippen LogP contribution in [0.5, 0.6) is 5.75 Å². The zero-order valence-electron chi connectivity index (χ0n) is 6.58. The number of hydrogen-bond acceptors (Lipinski definition) is 3. The number of methoxy groups -OCH3 is 1. The lowest BCUT2D eigenvalue weighted by atomic mass is 10.3. The van der Waals surface area contributed by atoms with Gasteiger partial charge in [0.25, 0.3) is 5.69 Å². The van der Waals surface area contributed by atoms with Gasteiger partial charge in [-0.15, -0.1) is 0 Å². The summed E-state index contributed by atoms with van der Waals surface area (Å²) in [5, 5.41) is 9.75. The Labute approximate surface area is 78.0 Å². The molecule has 0 unspecified atom stereocenters. The topological polar surface area (TPSA) is 52.4 Å². The number of ether oxygens (including phenoxy) is 1. The number of benzene rings is 1. The van der Waals surface area contributed by atoms with Crippen LogP contribution in [-0.2, 0) is 0 Å². The van der Waals surface area contributed by atoms with E-state index in [0.29, 0.717) is 0 Å². The lowest BCUT2D eigenvalue weighted by Gasteiger charge is -2.02. The first-order chi connectivity index (χ1) is 6.07. The summed E-state index contributed by atoms with van der Waals surface area (Å²) in [5.74, 6) is -1.03. The van der Waals surface area contributed by atoms with E-state index >= 15 is 0 Å². The molecule has 4 nitrogen and oxygen atoms in total. The Morgan fingerprint density at radius 3 is 2.69 bits per heavy atom. The minimum Gasteiger partial charge on any atom is -0.494 e. The van der Waals surface area contributed by atoms with Crippen molar-refractivity contribution in [2.45, 2.75) is 0 Å². The van der Waals surface area contributed by atoms with Gasteiger partial charge in [-0.2, -0.15) is 0 Å². The van der Waals surface area contributed by atoms with Crippen LogP contribution in [-0.4, -0.2) is 12.0 Å². The third-order valence-electron chi connectivity index (χ3n) is 1.44. The minimum atomic E-state index is -0.918. The van der Waals surface area contributed by atoms with Crippen molar-refractivity contribution in [1.29, 1.82) is 0 Å². The maximum Gasteiger partial charge on any atom is 0.291 e. The highest BCUT2D eigenvalue weighted by atomic mass is 35.5. The first-order valence-corrected chi connectivity index (χ1v) is 3.62. The van der Waals surface area contributed by atoms with Crippen LogP contribution in [0.2, 0.25) is 5.02 Å². The van der Waals surface area contributed by atoms with Crippen LogP contribution in [0.15, 0.2) is 12.1 Å². The number of nitro groups is 1. The molecule has 0 fully saturated rings. The van der Waals surface area contributed by atoms with Gasteiger partial charge in [0.15, 0.2) is 16.6 Å². The van der Waals surface area contributed by atoms with Crippen molar-refractivity contribution < 1.29 is 14.1 Å².